The first kappa shape index (κ1) is 17.8. The second-order valence-electron chi connectivity index (χ2n) is 7.35. The number of hydrogen-bond acceptors (Lipinski definition) is 4. The largest absolute Gasteiger partial charge is 0.444 e. The molecular formula is C17H30N4O2. The molecule has 1 aliphatic rings. The van der Waals surface area contributed by atoms with E-state index in [2.05, 4.69) is 16.5 Å². The van der Waals surface area contributed by atoms with Gasteiger partial charge in [-0.25, -0.2) is 4.79 Å². The Hall–Kier alpha value is -1.56. The molecule has 0 unspecified atom stereocenters. The fraction of sp³-hybridized carbons (Fsp3) is 0.765. The summed E-state index contributed by atoms with van der Waals surface area (Å²) in [6, 6.07) is 2.06. The maximum absolute atomic E-state index is 12.0. The number of nitrogens with one attached hydrogen (secondary N) is 1. The molecule has 0 spiro atoms. The van der Waals surface area contributed by atoms with E-state index in [0.29, 0.717) is 5.92 Å². The molecule has 1 aliphatic heterocycles. The van der Waals surface area contributed by atoms with Gasteiger partial charge in [0.15, 0.2) is 0 Å². The molecule has 6 heteroatoms. The van der Waals surface area contributed by atoms with Gasteiger partial charge >= 0.3 is 6.09 Å². The van der Waals surface area contributed by atoms with Crippen molar-refractivity contribution in [1.29, 1.82) is 0 Å². The van der Waals surface area contributed by atoms with Gasteiger partial charge in [0.05, 0.1) is 5.69 Å². The molecule has 1 fully saturated rings. The molecule has 130 valence electrons. The van der Waals surface area contributed by atoms with E-state index in [1.165, 1.54) is 0 Å². The van der Waals surface area contributed by atoms with Gasteiger partial charge in [-0.15, -0.1) is 0 Å². The van der Waals surface area contributed by atoms with Gasteiger partial charge < -0.3 is 15.0 Å². The Kier molecular flexibility index (Phi) is 6.04. The number of rotatable bonds is 5. The first-order chi connectivity index (χ1) is 10.8. The van der Waals surface area contributed by atoms with Crippen LogP contribution in [-0.2, 0) is 18.2 Å². The SMILES string of the molecule is Cn1ccc(CCNCC2CCN(C(=O)OC(C)(C)C)CC2)n1. The van der Waals surface area contributed by atoms with E-state index < -0.39 is 5.60 Å². The highest BCUT2D eigenvalue weighted by Gasteiger charge is 2.26. The molecule has 2 heterocycles. The molecule has 0 aromatic carbocycles. The molecule has 6 nitrogen and oxygen atoms in total. The lowest BCUT2D eigenvalue weighted by Crippen LogP contribution is -2.43. The van der Waals surface area contributed by atoms with Crippen LogP contribution < -0.4 is 5.32 Å². The van der Waals surface area contributed by atoms with Crippen LogP contribution in [-0.4, -0.2) is 52.6 Å². The van der Waals surface area contributed by atoms with Gasteiger partial charge in [-0.3, -0.25) is 4.68 Å². The second-order valence-corrected chi connectivity index (χ2v) is 7.35. The predicted molar refractivity (Wildman–Crippen MR) is 90.3 cm³/mol. The molecular weight excluding hydrogens is 292 g/mol. The predicted octanol–water partition coefficient (Wildman–Crippen LogP) is 2.20. The van der Waals surface area contributed by atoms with Crippen molar-refractivity contribution >= 4 is 6.09 Å². The summed E-state index contributed by atoms with van der Waals surface area (Å²) < 4.78 is 7.26. The molecule has 0 bridgehead atoms. The molecule has 1 saturated heterocycles. The highest BCUT2D eigenvalue weighted by atomic mass is 16.6. The van der Waals surface area contributed by atoms with Crippen molar-refractivity contribution in [2.75, 3.05) is 26.2 Å². The minimum atomic E-state index is -0.416. The van der Waals surface area contributed by atoms with Crippen LogP contribution in [0.3, 0.4) is 0 Å². The van der Waals surface area contributed by atoms with Crippen molar-refractivity contribution in [3.8, 4) is 0 Å². The summed E-state index contributed by atoms with van der Waals surface area (Å²) in [5.74, 6) is 0.636. The number of aromatic nitrogens is 2. The van der Waals surface area contributed by atoms with Crippen LogP contribution in [0.2, 0.25) is 0 Å². The zero-order valence-corrected chi connectivity index (χ0v) is 14.8. The molecule has 23 heavy (non-hydrogen) atoms. The number of likely N-dealkylation sites (tertiary alicyclic amines) is 1. The lowest BCUT2D eigenvalue weighted by atomic mass is 9.97. The summed E-state index contributed by atoms with van der Waals surface area (Å²) in [6.07, 6.45) is 4.82. The summed E-state index contributed by atoms with van der Waals surface area (Å²) in [4.78, 5) is 13.8. The van der Waals surface area contributed by atoms with E-state index in [1.54, 1.807) is 0 Å². The van der Waals surface area contributed by atoms with Crippen LogP contribution >= 0.6 is 0 Å². The van der Waals surface area contributed by atoms with Crippen molar-refractivity contribution in [3.05, 3.63) is 18.0 Å². The van der Waals surface area contributed by atoms with E-state index in [0.717, 1.165) is 51.1 Å². The van der Waals surface area contributed by atoms with Gasteiger partial charge in [-0.2, -0.15) is 5.10 Å². The Morgan fingerprint density at radius 3 is 2.65 bits per heavy atom. The normalized spacial score (nSPS) is 16.6. The van der Waals surface area contributed by atoms with E-state index in [1.807, 2.05) is 43.6 Å². The van der Waals surface area contributed by atoms with Crippen LogP contribution in [0.15, 0.2) is 12.3 Å². The Labute approximate surface area is 139 Å². The van der Waals surface area contributed by atoms with Gasteiger partial charge in [-0.1, -0.05) is 0 Å². The molecule has 0 saturated carbocycles. The topological polar surface area (TPSA) is 59.4 Å². The molecule has 1 N–H and O–H groups in total. The van der Waals surface area contributed by atoms with Gasteiger partial charge in [0, 0.05) is 39.3 Å². The van der Waals surface area contributed by atoms with Crippen molar-refractivity contribution in [2.45, 2.75) is 45.6 Å². The molecule has 2 rings (SSSR count). The average molecular weight is 322 g/mol. The average Bonchev–Trinajstić information content (AvgIpc) is 2.88. The van der Waals surface area contributed by atoms with Crippen LogP contribution in [0, 0.1) is 5.92 Å². The first-order valence-electron chi connectivity index (χ1n) is 8.50. The van der Waals surface area contributed by atoms with Crippen molar-refractivity contribution in [1.82, 2.24) is 20.0 Å². The van der Waals surface area contributed by atoms with Crippen LogP contribution in [0.25, 0.3) is 0 Å². The number of amides is 1. The molecule has 1 amide bonds. The number of carbonyl (C=O) groups is 1. The van der Waals surface area contributed by atoms with Gasteiger partial charge in [-0.05, 0) is 52.1 Å². The minimum Gasteiger partial charge on any atom is -0.444 e. The van der Waals surface area contributed by atoms with Gasteiger partial charge in [0.2, 0.25) is 0 Å². The minimum absolute atomic E-state index is 0.181. The van der Waals surface area contributed by atoms with Crippen molar-refractivity contribution in [2.24, 2.45) is 13.0 Å². The van der Waals surface area contributed by atoms with E-state index in [9.17, 15) is 4.79 Å². The number of ether oxygens (including phenoxy) is 1. The summed E-state index contributed by atoms with van der Waals surface area (Å²) in [5, 5.41) is 7.88. The van der Waals surface area contributed by atoms with Crippen molar-refractivity contribution < 1.29 is 9.53 Å². The molecule has 1 aromatic rings. The van der Waals surface area contributed by atoms with Gasteiger partial charge in [0.1, 0.15) is 5.60 Å². The van der Waals surface area contributed by atoms with Crippen molar-refractivity contribution in [3.63, 3.8) is 0 Å². The zero-order chi connectivity index (χ0) is 16.9. The number of nitrogens with zero attached hydrogens (tertiary/aromatic N) is 3. The molecule has 1 aromatic heterocycles. The first-order valence-corrected chi connectivity index (χ1v) is 8.50. The zero-order valence-electron chi connectivity index (χ0n) is 14.8. The van der Waals surface area contributed by atoms with E-state index >= 15 is 0 Å². The number of carbonyl (C=O) groups excluding carboxylic acids is 1. The lowest BCUT2D eigenvalue weighted by molar-refractivity contribution is 0.0184. The maximum Gasteiger partial charge on any atom is 0.410 e. The summed E-state index contributed by atoms with van der Waals surface area (Å²) >= 11 is 0. The van der Waals surface area contributed by atoms with E-state index in [-0.39, 0.29) is 6.09 Å². The standard InChI is InChI=1S/C17H30N4O2/c1-17(2,3)23-16(22)21-11-6-14(7-12-21)13-18-9-5-15-8-10-20(4)19-15/h8,10,14,18H,5-7,9,11-13H2,1-4H3. The fourth-order valence-corrected chi connectivity index (χ4v) is 2.77. The van der Waals surface area contributed by atoms with Crippen LogP contribution in [0.4, 0.5) is 4.79 Å². The van der Waals surface area contributed by atoms with Gasteiger partial charge in [0.25, 0.3) is 0 Å². The van der Waals surface area contributed by atoms with E-state index in [4.69, 9.17) is 4.74 Å². The smallest absolute Gasteiger partial charge is 0.410 e. The monoisotopic (exact) mass is 322 g/mol. The highest BCUT2D eigenvalue weighted by Crippen LogP contribution is 2.19. The summed E-state index contributed by atoms with van der Waals surface area (Å²) in [6.45, 7) is 9.26. The Balaban J connectivity index is 1.60. The second kappa shape index (κ2) is 7.81. The number of hydrogen-bond donors (Lipinski definition) is 1. The summed E-state index contributed by atoms with van der Waals surface area (Å²) in [5.41, 5.74) is 0.709. The highest BCUT2D eigenvalue weighted by molar-refractivity contribution is 5.68. The summed E-state index contributed by atoms with van der Waals surface area (Å²) in [7, 11) is 1.94. The molecule has 0 atom stereocenters. The fourth-order valence-electron chi connectivity index (χ4n) is 2.77. The number of aryl methyl sites for hydroxylation is 1. The Morgan fingerprint density at radius 1 is 1.39 bits per heavy atom. The molecule has 0 aliphatic carbocycles. The third-order valence-corrected chi connectivity index (χ3v) is 4.03. The third kappa shape index (κ3) is 6.22. The number of piperidine rings is 1. The van der Waals surface area contributed by atoms with Crippen LogP contribution in [0.5, 0.6) is 0 Å². The maximum atomic E-state index is 12.0. The van der Waals surface area contributed by atoms with Crippen LogP contribution in [0.1, 0.15) is 39.3 Å². The third-order valence-electron chi connectivity index (χ3n) is 4.03. The molecule has 0 radical (unpaired) electrons. The lowest BCUT2D eigenvalue weighted by Gasteiger charge is -2.33. The Morgan fingerprint density at radius 2 is 2.09 bits per heavy atom. The Bertz CT molecular complexity index is 499. The quantitative estimate of drug-likeness (QED) is 0.844.